The lowest BCUT2D eigenvalue weighted by molar-refractivity contribution is -0.134. The summed E-state index contributed by atoms with van der Waals surface area (Å²) >= 11 is 2.04. The third kappa shape index (κ3) is 6.51. The fourth-order valence-electron chi connectivity index (χ4n) is 2.71. The van der Waals surface area contributed by atoms with Crippen LogP contribution in [0.5, 0.6) is 5.75 Å². The van der Waals surface area contributed by atoms with Gasteiger partial charge in [0.2, 0.25) is 0 Å². The van der Waals surface area contributed by atoms with Gasteiger partial charge in [0.15, 0.2) is 0 Å². The largest absolute Gasteiger partial charge is 0.744 e. The molecule has 0 amide bonds. The molecule has 30 heavy (non-hydrogen) atoms. The van der Waals surface area contributed by atoms with E-state index in [4.69, 9.17) is 9.47 Å². The van der Waals surface area contributed by atoms with Gasteiger partial charge in [0, 0.05) is 9.99 Å². The molecular formula is C21H22IO7S-. The van der Waals surface area contributed by atoms with E-state index in [1.165, 1.54) is 12.1 Å². The number of rotatable bonds is 8. The van der Waals surface area contributed by atoms with Gasteiger partial charge in [-0.25, -0.2) is 13.2 Å². The van der Waals surface area contributed by atoms with Crippen LogP contribution in [0.3, 0.4) is 0 Å². The summed E-state index contributed by atoms with van der Waals surface area (Å²) in [6, 6.07) is 9.67. The molecule has 0 aliphatic heterocycles. The topological polar surface area (TPSA) is 110 Å². The van der Waals surface area contributed by atoms with Crippen LogP contribution in [-0.2, 0) is 19.6 Å². The SMILES string of the molecule is Cc1cc(S(=O)(=O)[O-])c(C(C)C)cc1OC(=O)CCCOC(=O)c1ccccc1I. The Morgan fingerprint density at radius 3 is 2.43 bits per heavy atom. The molecule has 0 radical (unpaired) electrons. The molecule has 0 aliphatic carbocycles. The number of esters is 2. The first kappa shape index (κ1) is 24.3. The fourth-order valence-corrected chi connectivity index (χ4v) is 4.23. The van der Waals surface area contributed by atoms with Crippen LogP contribution in [-0.4, -0.2) is 31.5 Å². The maximum Gasteiger partial charge on any atom is 0.339 e. The molecule has 0 bridgehead atoms. The van der Waals surface area contributed by atoms with E-state index in [1.54, 1.807) is 39.0 Å². The van der Waals surface area contributed by atoms with Gasteiger partial charge in [0.1, 0.15) is 15.9 Å². The first-order valence-corrected chi connectivity index (χ1v) is 11.7. The normalized spacial score (nSPS) is 11.4. The number of halogens is 1. The summed E-state index contributed by atoms with van der Waals surface area (Å²) in [5.41, 5.74) is 1.13. The third-order valence-corrected chi connectivity index (χ3v) is 6.11. The molecule has 9 heteroatoms. The molecule has 0 aromatic heterocycles. The van der Waals surface area contributed by atoms with Crippen LogP contribution < -0.4 is 4.74 Å². The predicted octanol–water partition coefficient (Wildman–Crippen LogP) is 4.17. The lowest BCUT2D eigenvalue weighted by Crippen LogP contribution is -2.13. The molecule has 0 N–H and O–H groups in total. The van der Waals surface area contributed by atoms with Crippen LogP contribution in [0.1, 0.15) is 54.1 Å². The van der Waals surface area contributed by atoms with E-state index >= 15 is 0 Å². The Morgan fingerprint density at radius 1 is 1.17 bits per heavy atom. The van der Waals surface area contributed by atoms with E-state index in [-0.39, 0.29) is 36.0 Å². The molecule has 0 saturated carbocycles. The zero-order valence-electron chi connectivity index (χ0n) is 16.8. The quantitative estimate of drug-likeness (QED) is 0.161. The first-order chi connectivity index (χ1) is 14.0. The highest BCUT2D eigenvalue weighted by molar-refractivity contribution is 14.1. The summed E-state index contributed by atoms with van der Waals surface area (Å²) < 4.78 is 45.8. The average molecular weight is 545 g/mol. The minimum atomic E-state index is -4.64. The number of aryl methyl sites for hydroxylation is 1. The molecule has 0 heterocycles. The number of hydrogen-bond acceptors (Lipinski definition) is 7. The molecule has 2 rings (SSSR count). The van der Waals surface area contributed by atoms with Crippen molar-refractivity contribution in [2.75, 3.05) is 6.61 Å². The molecule has 0 spiro atoms. The summed E-state index contributed by atoms with van der Waals surface area (Å²) in [4.78, 5) is 23.9. The van der Waals surface area contributed by atoms with Gasteiger partial charge in [-0.1, -0.05) is 26.0 Å². The van der Waals surface area contributed by atoms with Crippen LogP contribution in [0, 0.1) is 10.5 Å². The van der Waals surface area contributed by atoms with E-state index in [0.717, 1.165) is 3.57 Å². The Labute approximate surface area is 189 Å². The van der Waals surface area contributed by atoms with Crippen molar-refractivity contribution in [3.05, 3.63) is 56.7 Å². The van der Waals surface area contributed by atoms with Crippen LogP contribution in [0.15, 0.2) is 41.3 Å². The number of hydrogen-bond donors (Lipinski definition) is 0. The van der Waals surface area contributed by atoms with Crippen molar-refractivity contribution in [1.29, 1.82) is 0 Å². The van der Waals surface area contributed by atoms with Crippen molar-refractivity contribution in [3.8, 4) is 5.75 Å². The number of carbonyl (C=O) groups excluding carboxylic acids is 2. The average Bonchev–Trinajstić information content (AvgIpc) is 2.65. The predicted molar refractivity (Wildman–Crippen MR) is 118 cm³/mol. The monoisotopic (exact) mass is 545 g/mol. The third-order valence-electron chi connectivity index (χ3n) is 4.27. The molecule has 162 valence electrons. The second-order valence-corrected chi connectivity index (χ2v) is 9.47. The molecule has 0 atom stereocenters. The first-order valence-electron chi connectivity index (χ1n) is 9.23. The molecule has 7 nitrogen and oxygen atoms in total. The summed E-state index contributed by atoms with van der Waals surface area (Å²) in [6.07, 6.45) is 0.286. The van der Waals surface area contributed by atoms with Gasteiger partial charge in [0.05, 0.1) is 17.1 Å². The Kier molecular flexibility index (Phi) is 8.39. The zero-order chi connectivity index (χ0) is 22.5. The van der Waals surface area contributed by atoms with Gasteiger partial charge < -0.3 is 14.0 Å². The van der Waals surface area contributed by atoms with Crippen LogP contribution in [0.4, 0.5) is 0 Å². The van der Waals surface area contributed by atoms with Gasteiger partial charge in [0.25, 0.3) is 0 Å². The zero-order valence-corrected chi connectivity index (χ0v) is 19.8. The van der Waals surface area contributed by atoms with E-state index < -0.39 is 22.1 Å². The molecule has 0 saturated heterocycles. The van der Waals surface area contributed by atoms with Gasteiger partial charge in [-0.05, 0) is 77.2 Å². The van der Waals surface area contributed by atoms with Gasteiger partial charge in [-0.3, -0.25) is 4.79 Å². The highest BCUT2D eigenvalue weighted by Gasteiger charge is 2.18. The van der Waals surface area contributed by atoms with Crippen molar-refractivity contribution in [2.45, 2.75) is 44.4 Å². The van der Waals surface area contributed by atoms with E-state index in [9.17, 15) is 22.6 Å². The Balaban J connectivity index is 1.96. The standard InChI is InChI=1S/C21H23IO7S/c1-13(2)16-12-18(14(3)11-19(16)30(25,26)27)29-20(23)9-6-10-28-21(24)15-7-4-5-8-17(15)22/h4-5,7-8,11-13H,6,9-10H2,1-3H3,(H,25,26,27)/p-1. The van der Waals surface area contributed by atoms with Crippen molar-refractivity contribution < 1.29 is 32.0 Å². The van der Waals surface area contributed by atoms with E-state index in [2.05, 4.69) is 0 Å². The van der Waals surface area contributed by atoms with E-state index in [1.807, 2.05) is 28.7 Å². The maximum absolute atomic E-state index is 12.2. The number of ether oxygens (including phenoxy) is 2. The second kappa shape index (κ2) is 10.4. The van der Waals surface area contributed by atoms with Gasteiger partial charge in [-0.2, -0.15) is 0 Å². The molecule has 2 aromatic carbocycles. The minimum absolute atomic E-state index is 0.0111. The lowest BCUT2D eigenvalue weighted by Gasteiger charge is -2.18. The van der Waals surface area contributed by atoms with Crippen molar-refractivity contribution in [3.63, 3.8) is 0 Å². The summed E-state index contributed by atoms with van der Waals surface area (Å²) in [6.45, 7) is 5.10. The summed E-state index contributed by atoms with van der Waals surface area (Å²) in [7, 11) is -4.64. The van der Waals surface area contributed by atoms with Crippen molar-refractivity contribution in [1.82, 2.24) is 0 Å². The molecule has 2 aromatic rings. The highest BCUT2D eigenvalue weighted by atomic mass is 127. The van der Waals surface area contributed by atoms with Crippen LogP contribution in [0.25, 0.3) is 0 Å². The molecule has 0 aliphatic rings. The molecular weight excluding hydrogens is 523 g/mol. The number of carbonyl (C=O) groups is 2. The summed E-state index contributed by atoms with van der Waals surface area (Å²) in [5.74, 6) is -1.05. The smallest absolute Gasteiger partial charge is 0.339 e. The summed E-state index contributed by atoms with van der Waals surface area (Å²) in [5, 5.41) is 0. The number of benzene rings is 2. The van der Waals surface area contributed by atoms with Crippen molar-refractivity contribution in [2.24, 2.45) is 0 Å². The van der Waals surface area contributed by atoms with Gasteiger partial charge >= 0.3 is 11.9 Å². The lowest BCUT2D eigenvalue weighted by atomic mass is 10.0. The minimum Gasteiger partial charge on any atom is -0.744 e. The Morgan fingerprint density at radius 2 is 1.83 bits per heavy atom. The van der Waals surface area contributed by atoms with Crippen molar-refractivity contribution >= 4 is 44.6 Å². The second-order valence-electron chi connectivity index (χ2n) is 6.96. The van der Waals surface area contributed by atoms with Crippen LogP contribution in [0.2, 0.25) is 0 Å². The Bertz CT molecular complexity index is 1050. The van der Waals surface area contributed by atoms with Crippen LogP contribution >= 0.6 is 22.6 Å². The fraction of sp³-hybridized carbons (Fsp3) is 0.333. The highest BCUT2D eigenvalue weighted by Crippen LogP contribution is 2.31. The maximum atomic E-state index is 12.2. The molecule has 0 fully saturated rings. The van der Waals surface area contributed by atoms with E-state index in [0.29, 0.717) is 16.7 Å². The van der Waals surface area contributed by atoms with Gasteiger partial charge in [-0.15, -0.1) is 0 Å². The Hall–Kier alpha value is -1.98. The molecule has 0 unspecified atom stereocenters.